The molecule has 0 atom stereocenters. The van der Waals surface area contributed by atoms with Crippen molar-refractivity contribution in [2.24, 2.45) is 4.99 Å². The first-order chi connectivity index (χ1) is 19.6. The highest BCUT2D eigenvalue weighted by atomic mass is 16.2. The van der Waals surface area contributed by atoms with E-state index in [0.29, 0.717) is 6.54 Å². The Bertz CT molecular complexity index is 1460. The van der Waals surface area contributed by atoms with Gasteiger partial charge in [0.15, 0.2) is 0 Å². The number of hydrogen-bond acceptors (Lipinski definition) is 8. The number of carbonyl (C=O) groups excluding carboxylic acids is 2. The lowest BCUT2D eigenvalue weighted by molar-refractivity contribution is 0.247. The molecule has 0 spiro atoms. The molecule has 10 nitrogen and oxygen atoms in total. The average molecular weight is 537 g/mol. The lowest BCUT2D eigenvalue weighted by atomic mass is 10.0. The van der Waals surface area contributed by atoms with E-state index in [1.165, 1.54) is 25.1 Å². The Labute approximate surface area is 233 Å². The van der Waals surface area contributed by atoms with Crippen molar-refractivity contribution < 1.29 is 9.59 Å². The van der Waals surface area contributed by atoms with E-state index < -0.39 is 0 Å². The van der Waals surface area contributed by atoms with E-state index in [9.17, 15) is 4.79 Å². The summed E-state index contributed by atoms with van der Waals surface area (Å²) in [5.41, 5.74) is 6.78. The number of nitrogens with zero attached hydrogens (tertiary/aromatic N) is 6. The molecule has 2 amide bonds. The van der Waals surface area contributed by atoms with Crippen LogP contribution in [0.25, 0.3) is 22.3 Å². The Morgan fingerprint density at radius 2 is 1.55 bits per heavy atom. The molecular formula is C30H32N8O2. The molecule has 2 N–H and O–H groups in total. The highest BCUT2D eigenvalue weighted by Gasteiger charge is 2.23. The van der Waals surface area contributed by atoms with Crippen molar-refractivity contribution >= 4 is 23.7 Å². The van der Waals surface area contributed by atoms with Crippen LogP contribution in [0, 0.1) is 0 Å². The lowest BCUT2D eigenvalue weighted by Crippen LogP contribution is -2.41. The van der Waals surface area contributed by atoms with Crippen LogP contribution in [0.1, 0.15) is 24.0 Å². The monoisotopic (exact) mass is 536 g/mol. The van der Waals surface area contributed by atoms with E-state index in [4.69, 9.17) is 4.79 Å². The van der Waals surface area contributed by atoms with Gasteiger partial charge in [-0.15, -0.1) is 0 Å². The highest BCUT2D eigenvalue weighted by molar-refractivity contribution is 5.92. The molecule has 4 aromatic rings. The van der Waals surface area contributed by atoms with Gasteiger partial charge in [0.2, 0.25) is 6.08 Å². The topological polar surface area (TPSA) is 125 Å². The molecule has 2 aliphatic heterocycles. The van der Waals surface area contributed by atoms with Crippen molar-refractivity contribution in [1.29, 1.82) is 0 Å². The Morgan fingerprint density at radius 1 is 0.925 bits per heavy atom. The van der Waals surface area contributed by atoms with Gasteiger partial charge in [0.1, 0.15) is 11.6 Å². The minimum absolute atomic E-state index is 0.104. The largest absolute Gasteiger partial charge is 0.370 e. The van der Waals surface area contributed by atoms with Crippen molar-refractivity contribution in [2.75, 3.05) is 37.4 Å². The minimum atomic E-state index is -0.104. The number of urea groups is 1. The van der Waals surface area contributed by atoms with Crippen LogP contribution in [-0.4, -0.2) is 59.2 Å². The van der Waals surface area contributed by atoms with E-state index in [1.54, 1.807) is 30.5 Å². The van der Waals surface area contributed by atoms with Gasteiger partial charge in [-0.25, -0.2) is 24.5 Å². The summed E-state index contributed by atoms with van der Waals surface area (Å²) >= 11 is 0. The Morgan fingerprint density at radius 3 is 2.15 bits per heavy atom. The molecule has 0 aliphatic carbocycles. The number of carbonyl (C=O) groups is 1. The Balaban J connectivity index is 0.000000166. The number of anilines is 2. The number of nitrogens with one attached hydrogen (secondary N) is 2. The molecule has 0 aromatic carbocycles. The zero-order valence-electron chi connectivity index (χ0n) is 22.7. The SMILES string of the molecule is CN=C=O.CNC(=O)N1CCCc2cc(-c3cccnc3)cnc21.c1cncc(-c2cnc3c(c2)CCCN3)c1. The highest BCUT2D eigenvalue weighted by Crippen LogP contribution is 2.29. The van der Waals surface area contributed by atoms with E-state index in [1.807, 2.05) is 36.8 Å². The van der Waals surface area contributed by atoms with Crippen LogP contribution in [0.3, 0.4) is 0 Å². The first-order valence-corrected chi connectivity index (χ1v) is 13.1. The molecular weight excluding hydrogens is 504 g/mol. The molecule has 6 rings (SSSR count). The smallest absolute Gasteiger partial charge is 0.322 e. The number of isocyanates is 1. The summed E-state index contributed by atoms with van der Waals surface area (Å²) in [4.78, 5) is 42.6. The predicted molar refractivity (Wildman–Crippen MR) is 156 cm³/mol. The fourth-order valence-electron chi connectivity index (χ4n) is 4.52. The van der Waals surface area contributed by atoms with E-state index in [-0.39, 0.29) is 6.03 Å². The first-order valence-electron chi connectivity index (χ1n) is 13.1. The van der Waals surface area contributed by atoms with Crippen LogP contribution < -0.4 is 15.5 Å². The van der Waals surface area contributed by atoms with E-state index in [2.05, 4.69) is 53.8 Å². The zero-order chi connectivity index (χ0) is 28.2. The van der Waals surface area contributed by atoms with Crippen LogP contribution in [0.2, 0.25) is 0 Å². The number of rotatable bonds is 2. The maximum absolute atomic E-state index is 11.8. The summed E-state index contributed by atoms with van der Waals surface area (Å²) in [6.45, 7) is 1.75. The summed E-state index contributed by atoms with van der Waals surface area (Å²) in [7, 11) is 3.02. The van der Waals surface area contributed by atoms with Crippen LogP contribution in [0.4, 0.5) is 16.4 Å². The number of amides is 2. The third-order valence-electron chi connectivity index (χ3n) is 6.45. The van der Waals surface area contributed by atoms with Gasteiger partial charge in [-0.3, -0.25) is 14.9 Å². The van der Waals surface area contributed by atoms with Crippen LogP contribution in [0.15, 0.2) is 78.6 Å². The number of aryl methyl sites for hydroxylation is 2. The molecule has 6 heterocycles. The number of aromatic nitrogens is 4. The van der Waals surface area contributed by atoms with Crippen molar-refractivity contribution in [3.8, 4) is 22.3 Å². The van der Waals surface area contributed by atoms with Crippen molar-refractivity contribution in [2.45, 2.75) is 25.7 Å². The second-order valence-electron chi connectivity index (χ2n) is 9.08. The number of pyridine rings is 4. The second-order valence-corrected chi connectivity index (χ2v) is 9.08. The van der Waals surface area contributed by atoms with Crippen LogP contribution in [0.5, 0.6) is 0 Å². The molecule has 2 aliphatic rings. The van der Waals surface area contributed by atoms with Crippen LogP contribution >= 0.6 is 0 Å². The molecule has 0 bridgehead atoms. The molecule has 40 heavy (non-hydrogen) atoms. The van der Waals surface area contributed by atoms with E-state index in [0.717, 1.165) is 65.3 Å². The quantitative estimate of drug-likeness (QED) is 0.281. The van der Waals surface area contributed by atoms with Gasteiger partial charge in [0.25, 0.3) is 0 Å². The lowest BCUT2D eigenvalue weighted by Gasteiger charge is -2.28. The number of aliphatic imine (C=N–C) groups is 1. The molecule has 0 saturated heterocycles. The molecule has 0 unspecified atom stereocenters. The summed E-state index contributed by atoms with van der Waals surface area (Å²) < 4.78 is 0. The molecule has 10 heteroatoms. The van der Waals surface area contributed by atoms with Gasteiger partial charge in [-0.05, 0) is 61.1 Å². The van der Waals surface area contributed by atoms with Gasteiger partial charge in [-0.1, -0.05) is 12.1 Å². The fraction of sp³-hybridized carbons (Fsp3) is 0.267. The third kappa shape index (κ3) is 7.12. The van der Waals surface area contributed by atoms with Crippen molar-refractivity contribution in [3.63, 3.8) is 0 Å². The maximum atomic E-state index is 11.8. The van der Waals surface area contributed by atoms with Gasteiger partial charge in [-0.2, -0.15) is 0 Å². The summed E-state index contributed by atoms with van der Waals surface area (Å²) in [5.74, 6) is 1.81. The molecule has 0 fully saturated rings. The normalized spacial score (nSPS) is 12.9. The zero-order valence-corrected chi connectivity index (χ0v) is 22.7. The predicted octanol–water partition coefficient (Wildman–Crippen LogP) is 4.69. The molecule has 0 radical (unpaired) electrons. The fourth-order valence-corrected chi connectivity index (χ4v) is 4.52. The van der Waals surface area contributed by atoms with Crippen molar-refractivity contribution in [1.82, 2.24) is 25.3 Å². The number of hydrogen-bond donors (Lipinski definition) is 2. The van der Waals surface area contributed by atoms with Crippen molar-refractivity contribution in [3.05, 3.63) is 84.7 Å². The summed E-state index contributed by atoms with van der Waals surface area (Å²) in [6.07, 6.45) is 16.5. The Kier molecular flexibility index (Phi) is 10.0. The summed E-state index contributed by atoms with van der Waals surface area (Å²) in [6, 6.07) is 12.1. The van der Waals surface area contributed by atoms with Gasteiger partial charge in [0.05, 0.1) is 0 Å². The average Bonchev–Trinajstić information content (AvgIpc) is 3.05. The molecule has 204 valence electrons. The molecule has 4 aromatic heterocycles. The van der Waals surface area contributed by atoms with E-state index >= 15 is 0 Å². The third-order valence-corrected chi connectivity index (χ3v) is 6.45. The minimum Gasteiger partial charge on any atom is -0.370 e. The summed E-state index contributed by atoms with van der Waals surface area (Å²) in [5, 5.41) is 5.97. The number of fused-ring (bicyclic) bond motifs is 2. The van der Waals surface area contributed by atoms with Crippen LogP contribution in [-0.2, 0) is 17.6 Å². The standard InChI is InChI=1S/C15H16N4O.C13H13N3.C2H3NO/c1-16-15(20)19-7-3-5-11-8-13(10-18-14(11)19)12-4-2-6-17-9-12;1-4-11(8-14-5-1)12-7-10-3-2-6-15-13(10)16-9-12;1-3-2-4/h2,4,6,8-10H,3,5,7H2,1H3,(H,16,20);1,4-5,7-9H,2-3,6H2,(H,15,16);1H3. The van der Waals surface area contributed by atoms with Gasteiger partial charge >= 0.3 is 6.03 Å². The maximum Gasteiger partial charge on any atom is 0.322 e. The van der Waals surface area contributed by atoms with Gasteiger partial charge < -0.3 is 10.6 Å². The molecule has 0 saturated carbocycles. The van der Waals surface area contributed by atoms with Gasteiger partial charge in [0, 0.05) is 86.6 Å². The Hall–Kier alpha value is -4.95. The first kappa shape index (κ1) is 28.1. The second kappa shape index (κ2) is 14.3.